The fraction of sp³-hybridized carbons (Fsp3) is 0.562. The van der Waals surface area contributed by atoms with Gasteiger partial charge >= 0.3 is 0 Å². The first kappa shape index (κ1) is 18.4. The van der Waals surface area contributed by atoms with E-state index in [1.54, 1.807) is 18.2 Å². The molecule has 1 amide bonds. The molecule has 4 heteroatoms. The number of aromatic hydroxyl groups is 1. The number of ether oxygens (including phenoxy) is 1. The molecule has 1 aromatic carbocycles. The lowest BCUT2D eigenvalue weighted by molar-refractivity contribution is -0.114. The summed E-state index contributed by atoms with van der Waals surface area (Å²) in [5.41, 5.74) is 0.444. The minimum absolute atomic E-state index is 0.0858. The molecule has 0 bridgehead atoms. The summed E-state index contributed by atoms with van der Waals surface area (Å²) in [5.74, 6) is -0.103. The molecule has 0 aliphatic heterocycles. The van der Waals surface area contributed by atoms with Gasteiger partial charge in [-0.1, -0.05) is 38.8 Å². The Kier molecular flexibility index (Phi) is 11.5. The standard InChI is InChI=1S/C8H9NO2.C8H18O/c1-6(10)9-7-4-2-3-5-8(7)11;1-3-5-7-9-8-6-4-2/h2-5,11H,1H3,(H,9,10);3-8H2,1-2H3. The second-order valence-corrected chi connectivity index (χ2v) is 4.52. The number of anilines is 1. The van der Waals surface area contributed by atoms with Crippen LogP contribution < -0.4 is 5.32 Å². The van der Waals surface area contributed by atoms with Crippen LogP contribution in [0.15, 0.2) is 24.3 Å². The van der Waals surface area contributed by atoms with E-state index in [4.69, 9.17) is 9.84 Å². The predicted octanol–water partition coefficient (Wildman–Crippen LogP) is 3.95. The van der Waals surface area contributed by atoms with E-state index in [-0.39, 0.29) is 11.7 Å². The molecule has 0 radical (unpaired) electrons. The van der Waals surface area contributed by atoms with Gasteiger partial charge in [0.2, 0.25) is 5.91 Å². The van der Waals surface area contributed by atoms with E-state index >= 15 is 0 Å². The van der Waals surface area contributed by atoms with E-state index in [0.29, 0.717) is 5.69 Å². The van der Waals surface area contributed by atoms with Crippen molar-refractivity contribution < 1.29 is 14.6 Å². The number of para-hydroxylation sites is 2. The van der Waals surface area contributed by atoms with Crippen LogP contribution >= 0.6 is 0 Å². The van der Waals surface area contributed by atoms with Gasteiger partial charge in [-0.25, -0.2) is 0 Å². The number of phenols is 1. The van der Waals surface area contributed by atoms with Crippen LogP contribution in [0.1, 0.15) is 46.5 Å². The summed E-state index contributed by atoms with van der Waals surface area (Å²) in [6.45, 7) is 7.67. The summed E-state index contributed by atoms with van der Waals surface area (Å²) in [7, 11) is 0. The van der Waals surface area contributed by atoms with Crippen LogP contribution in [0.4, 0.5) is 5.69 Å². The Morgan fingerprint density at radius 1 is 1.15 bits per heavy atom. The largest absolute Gasteiger partial charge is 0.506 e. The van der Waals surface area contributed by atoms with Crippen LogP contribution in [0, 0.1) is 0 Å². The average molecular weight is 281 g/mol. The first-order valence-corrected chi connectivity index (χ1v) is 7.25. The van der Waals surface area contributed by atoms with Crippen molar-refractivity contribution in [2.75, 3.05) is 18.5 Å². The number of amides is 1. The van der Waals surface area contributed by atoms with Crippen LogP contribution in [-0.2, 0) is 9.53 Å². The summed E-state index contributed by atoms with van der Waals surface area (Å²) < 4.78 is 5.31. The number of carbonyl (C=O) groups excluding carboxylic acids is 1. The number of rotatable bonds is 7. The normalized spacial score (nSPS) is 9.55. The highest BCUT2D eigenvalue weighted by atomic mass is 16.5. The molecule has 0 heterocycles. The molecule has 0 saturated heterocycles. The molecule has 0 aromatic heterocycles. The maximum absolute atomic E-state index is 10.5. The van der Waals surface area contributed by atoms with Gasteiger partial charge in [-0.05, 0) is 25.0 Å². The first-order chi connectivity index (χ1) is 9.61. The molecule has 0 aliphatic carbocycles. The van der Waals surface area contributed by atoms with E-state index in [9.17, 15) is 4.79 Å². The molecule has 0 atom stereocenters. The molecule has 1 rings (SSSR count). The minimum atomic E-state index is -0.188. The SMILES string of the molecule is CC(=O)Nc1ccccc1O.CCCCOCCCC. The summed E-state index contributed by atoms with van der Waals surface area (Å²) in [5, 5.41) is 11.6. The Bertz CT molecular complexity index is 360. The van der Waals surface area contributed by atoms with E-state index in [1.165, 1.54) is 38.7 Å². The van der Waals surface area contributed by atoms with Gasteiger partial charge in [0.1, 0.15) is 5.75 Å². The molecule has 0 spiro atoms. The van der Waals surface area contributed by atoms with Gasteiger partial charge in [0.05, 0.1) is 5.69 Å². The lowest BCUT2D eigenvalue weighted by Crippen LogP contribution is -2.05. The zero-order chi connectivity index (χ0) is 15.2. The summed E-state index contributed by atoms with van der Waals surface area (Å²) in [4.78, 5) is 10.5. The Balaban J connectivity index is 0.000000370. The van der Waals surface area contributed by atoms with E-state index in [1.807, 2.05) is 0 Å². The average Bonchev–Trinajstić information content (AvgIpc) is 2.42. The summed E-state index contributed by atoms with van der Waals surface area (Å²) in [6, 6.07) is 6.59. The Hall–Kier alpha value is -1.55. The Morgan fingerprint density at radius 3 is 2.15 bits per heavy atom. The third-order valence-corrected chi connectivity index (χ3v) is 2.50. The van der Waals surface area contributed by atoms with Crippen molar-refractivity contribution in [2.45, 2.75) is 46.5 Å². The van der Waals surface area contributed by atoms with Gasteiger partial charge in [-0.2, -0.15) is 0 Å². The van der Waals surface area contributed by atoms with Gasteiger partial charge < -0.3 is 15.2 Å². The lowest BCUT2D eigenvalue weighted by Gasteiger charge is -2.02. The zero-order valence-electron chi connectivity index (χ0n) is 12.8. The Labute approximate surface area is 122 Å². The smallest absolute Gasteiger partial charge is 0.221 e. The van der Waals surface area contributed by atoms with Gasteiger partial charge in [-0.3, -0.25) is 4.79 Å². The highest BCUT2D eigenvalue weighted by molar-refractivity contribution is 5.90. The number of hydrogen-bond acceptors (Lipinski definition) is 3. The molecular formula is C16H27NO3. The van der Waals surface area contributed by atoms with Crippen LogP contribution in [-0.4, -0.2) is 24.2 Å². The fourth-order valence-electron chi connectivity index (χ4n) is 1.36. The monoisotopic (exact) mass is 281 g/mol. The molecule has 1 aromatic rings. The maximum atomic E-state index is 10.5. The molecule has 0 saturated carbocycles. The molecule has 0 fully saturated rings. The number of nitrogens with one attached hydrogen (secondary N) is 1. The van der Waals surface area contributed by atoms with Crippen molar-refractivity contribution in [1.82, 2.24) is 0 Å². The van der Waals surface area contributed by atoms with Gasteiger partial charge in [-0.15, -0.1) is 0 Å². The van der Waals surface area contributed by atoms with Crippen LogP contribution in [0.3, 0.4) is 0 Å². The lowest BCUT2D eigenvalue weighted by atomic mass is 10.3. The quantitative estimate of drug-likeness (QED) is 0.587. The van der Waals surface area contributed by atoms with Gasteiger partial charge in [0.25, 0.3) is 0 Å². The topological polar surface area (TPSA) is 58.6 Å². The fourth-order valence-corrected chi connectivity index (χ4v) is 1.36. The first-order valence-electron chi connectivity index (χ1n) is 7.25. The summed E-state index contributed by atoms with van der Waals surface area (Å²) in [6.07, 6.45) is 4.91. The minimum Gasteiger partial charge on any atom is -0.506 e. The molecule has 114 valence electrons. The second-order valence-electron chi connectivity index (χ2n) is 4.52. The van der Waals surface area contributed by atoms with Crippen molar-refractivity contribution in [2.24, 2.45) is 0 Å². The third-order valence-electron chi connectivity index (χ3n) is 2.50. The number of carbonyl (C=O) groups is 1. The van der Waals surface area contributed by atoms with E-state index in [0.717, 1.165) is 13.2 Å². The number of hydrogen-bond donors (Lipinski definition) is 2. The van der Waals surface area contributed by atoms with Crippen molar-refractivity contribution in [3.8, 4) is 5.75 Å². The third kappa shape index (κ3) is 10.4. The van der Waals surface area contributed by atoms with Crippen LogP contribution in [0.25, 0.3) is 0 Å². The van der Waals surface area contributed by atoms with Crippen molar-refractivity contribution in [3.63, 3.8) is 0 Å². The zero-order valence-corrected chi connectivity index (χ0v) is 12.8. The predicted molar refractivity (Wildman–Crippen MR) is 83.0 cm³/mol. The van der Waals surface area contributed by atoms with Crippen molar-refractivity contribution in [3.05, 3.63) is 24.3 Å². The molecular weight excluding hydrogens is 254 g/mol. The molecule has 20 heavy (non-hydrogen) atoms. The maximum Gasteiger partial charge on any atom is 0.221 e. The number of phenolic OH excluding ortho intramolecular Hbond substituents is 1. The molecule has 2 N–H and O–H groups in total. The van der Waals surface area contributed by atoms with Crippen molar-refractivity contribution in [1.29, 1.82) is 0 Å². The van der Waals surface area contributed by atoms with E-state index < -0.39 is 0 Å². The molecule has 0 aliphatic rings. The number of benzene rings is 1. The molecule has 0 unspecified atom stereocenters. The second kappa shape index (κ2) is 12.5. The van der Waals surface area contributed by atoms with Gasteiger partial charge in [0, 0.05) is 20.1 Å². The van der Waals surface area contributed by atoms with Crippen LogP contribution in [0.5, 0.6) is 5.75 Å². The highest BCUT2D eigenvalue weighted by Crippen LogP contribution is 2.20. The van der Waals surface area contributed by atoms with Crippen molar-refractivity contribution >= 4 is 11.6 Å². The number of unbranched alkanes of at least 4 members (excludes halogenated alkanes) is 2. The van der Waals surface area contributed by atoms with Crippen LogP contribution in [0.2, 0.25) is 0 Å². The highest BCUT2D eigenvalue weighted by Gasteiger charge is 1.98. The van der Waals surface area contributed by atoms with Gasteiger partial charge in [0.15, 0.2) is 0 Å². The molecule has 4 nitrogen and oxygen atoms in total. The van der Waals surface area contributed by atoms with E-state index in [2.05, 4.69) is 19.2 Å². The Morgan fingerprint density at radius 2 is 1.70 bits per heavy atom. The summed E-state index contributed by atoms with van der Waals surface area (Å²) >= 11 is 0.